The Balaban J connectivity index is 1.80. The molecule has 0 aliphatic rings. The van der Waals surface area contributed by atoms with Crippen LogP contribution >= 0.6 is 11.6 Å². The summed E-state index contributed by atoms with van der Waals surface area (Å²) >= 11 is 5.82. The number of carboxylic acid groups (broad SMARTS) is 1. The third kappa shape index (κ3) is 7.14. The Bertz CT molecular complexity index is 893. The Labute approximate surface area is 170 Å². The minimum absolute atomic E-state index is 0.00564. The normalized spacial score (nSPS) is 12.0. The molecule has 0 heterocycles. The first kappa shape index (κ1) is 22.2. The number of benzene rings is 2. The number of carbonyl (C=O) groups is 1. The van der Waals surface area contributed by atoms with Crippen molar-refractivity contribution in [1.29, 1.82) is 0 Å². The summed E-state index contributed by atoms with van der Waals surface area (Å²) in [5.41, 5.74) is 0.511. The number of nitrogens with one attached hydrogen (secondary N) is 1. The van der Waals surface area contributed by atoms with Gasteiger partial charge in [0.1, 0.15) is 5.75 Å². The SMILES string of the molecule is CC(C)(Oc1ccc(CCNS(=O)(=O)CCc2ccc(Cl)cc2)cc1)C(=O)O. The molecule has 6 nitrogen and oxygen atoms in total. The van der Waals surface area contributed by atoms with Crippen molar-refractivity contribution in [2.75, 3.05) is 12.3 Å². The van der Waals surface area contributed by atoms with Crippen molar-refractivity contribution in [3.8, 4) is 5.75 Å². The molecule has 2 aromatic carbocycles. The molecule has 28 heavy (non-hydrogen) atoms. The van der Waals surface area contributed by atoms with Crippen molar-refractivity contribution >= 4 is 27.6 Å². The number of rotatable bonds is 10. The van der Waals surface area contributed by atoms with Gasteiger partial charge in [0.05, 0.1) is 5.75 Å². The number of aryl methyl sites for hydroxylation is 1. The van der Waals surface area contributed by atoms with Crippen LogP contribution in [-0.2, 0) is 27.7 Å². The molecule has 152 valence electrons. The topological polar surface area (TPSA) is 92.7 Å². The Hall–Kier alpha value is -2.09. The minimum atomic E-state index is -3.37. The van der Waals surface area contributed by atoms with Crippen LogP contribution in [0.2, 0.25) is 5.02 Å². The van der Waals surface area contributed by atoms with Gasteiger partial charge in [-0.05, 0) is 62.1 Å². The van der Waals surface area contributed by atoms with Crippen LogP contribution in [0.1, 0.15) is 25.0 Å². The van der Waals surface area contributed by atoms with Crippen molar-refractivity contribution in [2.45, 2.75) is 32.3 Å². The molecule has 0 radical (unpaired) electrons. The van der Waals surface area contributed by atoms with Crippen molar-refractivity contribution < 1.29 is 23.1 Å². The summed E-state index contributed by atoms with van der Waals surface area (Å²) in [4.78, 5) is 11.1. The van der Waals surface area contributed by atoms with E-state index in [2.05, 4.69) is 4.72 Å². The van der Waals surface area contributed by atoms with Crippen molar-refractivity contribution in [2.24, 2.45) is 0 Å². The van der Waals surface area contributed by atoms with Gasteiger partial charge in [0, 0.05) is 11.6 Å². The third-order valence-electron chi connectivity index (χ3n) is 4.12. The maximum atomic E-state index is 12.1. The van der Waals surface area contributed by atoms with E-state index in [-0.39, 0.29) is 12.3 Å². The molecule has 0 bridgehead atoms. The van der Waals surface area contributed by atoms with Crippen LogP contribution in [0.5, 0.6) is 5.75 Å². The fraction of sp³-hybridized carbons (Fsp3) is 0.350. The smallest absolute Gasteiger partial charge is 0.347 e. The van der Waals surface area contributed by atoms with Crippen LogP contribution in [0.4, 0.5) is 0 Å². The van der Waals surface area contributed by atoms with Gasteiger partial charge < -0.3 is 9.84 Å². The van der Waals surface area contributed by atoms with Gasteiger partial charge in [-0.15, -0.1) is 0 Å². The van der Waals surface area contributed by atoms with Crippen LogP contribution in [0.3, 0.4) is 0 Å². The lowest BCUT2D eigenvalue weighted by atomic mass is 10.1. The molecular weight excluding hydrogens is 402 g/mol. The summed E-state index contributed by atoms with van der Waals surface area (Å²) in [5.74, 6) is -0.602. The number of hydrogen-bond donors (Lipinski definition) is 2. The maximum absolute atomic E-state index is 12.1. The van der Waals surface area contributed by atoms with Crippen LogP contribution in [0.15, 0.2) is 48.5 Å². The molecule has 0 aliphatic carbocycles. The van der Waals surface area contributed by atoms with Crippen molar-refractivity contribution in [3.05, 3.63) is 64.7 Å². The molecule has 0 aromatic heterocycles. The number of sulfonamides is 1. The standard InChI is InChI=1S/C20H24ClNO5S/c1-20(2,19(23)24)27-18-9-5-15(6-10-18)11-13-22-28(25,26)14-12-16-3-7-17(21)8-4-16/h3-10,22H,11-14H2,1-2H3,(H,23,24). The molecule has 0 saturated carbocycles. The predicted molar refractivity (Wildman–Crippen MR) is 109 cm³/mol. The first-order chi connectivity index (χ1) is 13.1. The molecule has 2 aromatic rings. The number of ether oxygens (including phenoxy) is 1. The first-order valence-electron chi connectivity index (χ1n) is 8.80. The molecule has 0 atom stereocenters. The third-order valence-corrected chi connectivity index (χ3v) is 5.76. The van der Waals surface area contributed by atoms with Crippen molar-refractivity contribution in [3.63, 3.8) is 0 Å². The number of carboxylic acids is 1. The monoisotopic (exact) mass is 425 g/mol. The van der Waals surface area contributed by atoms with E-state index in [4.69, 9.17) is 21.4 Å². The molecule has 2 N–H and O–H groups in total. The zero-order valence-corrected chi connectivity index (χ0v) is 17.4. The lowest BCUT2D eigenvalue weighted by Crippen LogP contribution is -2.37. The zero-order chi connectivity index (χ0) is 20.8. The van der Waals surface area contributed by atoms with Crippen LogP contribution in [0, 0.1) is 0 Å². The van der Waals surface area contributed by atoms with Gasteiger partial charge in [0.15, 0.2) is 5.60 Å². The quantitative estimate of drug-likeness (QED) is 0.609. The average molecular weight is 426 g/mol. The molecule has 2 rings (SSSR count). The summed E-state index contributed by atoms with van der Waals surface area (Å²) in [6, 6.07) is 14.0. The second kappa shape index (κ2) is 9.41. The molecule has 8 heteroatoms. The largest absolute Gasteiger partial charge is 0.478 e. The van der Waals surface area contributed by atoms with E-state index in [9.17, 15) is 13.2 Å². The highest BCUT2D eigenvalue weighted by molar-refractivity contribution is 7.89. The summed E-state index contributed by atoms with van der Waals surface area (Å²) in [7, 11) is -3.37. The molecule has 0 amide bonds. The van der Waals surface area contributed by atoms with Gasteiger partial charge in [0.25, 0.3) is 0 Å². The van der Waals surface area contributed by atoms with E-state index >= 15 is 0 Å². The van der Waals surface area contributed by atoms with Crippen LogP contribution < -0.4 is 9.46 Å². The number of hydrogen-bond acceptors (Lipinski definition) is 4. The summed E-state index contributed by atoms with van der Waals surface area (Å²) < 4.78 is 32.3. The van der Waals surface area contributed by atoms with Gasteiger partial charge in [-0.2, -0.15) is 0 Å². The highest BCUT2D eigenvalue weighted by atomic mass is 35.5. The predicted octanol–water partition coefficient (Wildman–Crippen LogP) is 3.29. The Morgan fingerprint density at radius 2 is 1.57 bits per heavy atom. The van der Waals surface area contributed by atoms with E-state index in [1.165, 1.54) is 13.8 Å². The summed E-state index contributed by atoms with van der Waals surface area (Å²) in [5, 5.41) is 9.70. The van der Waals surface area contributed by atoms with E-state index in [1.54, 1.807) is 36.4 Å². The second-order valence-corrected chi connectivity index (χ2v) is 9.26. The van der Waals surface area contributed by atoms with E-state index < -0.39 is 21.6 Å². The highest BCUT2D eigenvalue weighted by Gasteiger charge is 2.29. The van der Waals surface area contributed by atoms with E-state index in [0.717, 1.165) is 11.1 Å². The summed E-state index contributed by atoms with van der Waals surface area (Å²) in [6.45, 7) is 3.23. The molecule has 0 saturated heterocycles. The number of halogens is 1. The fourth-order valence-corrected chi connectivity index (χ4v) is 3.58. The number of aliphatic carboxylic acids is 1. The van der Waals surface area contributed by atoms with Gasteiger partial charge in [0.2, 0.25) is 10.0 Å². The Morgan fingerprint density at radius 3 is 2.14 bits per heavy atom. The molecule has 0 unspecified atom stereocenters. The van der Waals surface area contributed by atoms with Crippen LogP contribution in [0.25, 0.3) is 0 Å². The molecular formula is C20H24ClNO5S. The van der Waals surface area contributed by atoms with Gasteiger partial charge in [-0.1, -0.05) is 35.9 Å². The average Bonchev–Trinajstić information content (AvgIpc) is 2.62. The van der Waals surface area contributed by atoms with Gasteiger partial charge in [-0.3, -0.25) is 0 Å². The highest BCUT2D eigenvalue weighted by Crippen LogP contribution is 2.19. The Morgan fingerprint density at radius 1 is 1.04 bits per heavy atom. The molecule has 0 aliphatic heterocycles. The van der Waals surface area contributed by atoms with E-state index in [1.807, 2.05) is 12.1 Å². The molecule has 0 fully saturated rings. The maximum Gasteiger partial charge on any atom is 0.347 e. The fourth-order valence-electron chi connectivity index (χ4n) is 2.39. The zero-order valence-electron chi connectivity index (χ0n) is 15.8. The first-order valence-corrected chi connectivity index (χ1v) is 10.8. The molecule has 0 spiro atoms. The van der Waals surface area contributed by atoms with Crippen molar-refractivity contribution in [1.82, 2.24) is 4.72 Å². The Kier molecular flexibility index (Phi) is 7.46. The van der Waals surface area contributed by atoms with Gasteiger partial charge >= 0.3 is 5.97 Å². The van der Waals surface area contributed by atoms with Gasteiger partial charge in [-0.25, -0.2) is 17.9 Å². The lowest BCUT2D eigenvalue weighted by molar-refractivity contribution is -0.152. The lowest BCUT2D eigenvalue weighted by Gasteiger charge is -2.21. The minimum Gasteiger partial charge on any atom is -0.478 e. The second-order valence-electron chi connectivity index (χ2n) is 6.90. The summed E-state index contributed by atoms with van der Waals surface area (Å²) in [6.07, 6.45) is 0.931. The van der Waals surface area contributed by atoms with Crippen LogP contribution in [-0.4, -0.2) is 37.4 Å². The van der Waals surface area contributed by atoms with E-state index in [0.29, 0.717) is 23.6 Å².